The summed E-state index contributed by atoms with van der Waals surface area (Å²) in [6.07, 6.45) is 8.45. The van der Waals surface area contributed by atoms with Crippen molar-refractivity contribution in [2.75, 3.05) is 11.9 Å². The Morgan fingerprint density at radius 1 is 1.25 bits per heavy atom. The van der Waals surface area contributed by atoms with Crippen molar-refractivity contribution in [3.8, 4) is 0 Å². The molecule has 1 amide bonds. The molecule has 1 aromatic carbocycles. The lowest BCUT2D eigenvalue weighted by atomic mass is 10.1. The monoisotopic (exact) mass is 382 g/mol. The molecule has 2 heterocycles. The average Bonchev–Trinajstić information content (AvgIpc) is 3.19. The summed E-state index contributed by atoms with van der Waals surface area (Å²) in [6.45, 7) is 2.98. The van der Waals surface area contributed by atoms with E-state index in [4.69, 9.17) is 9.68 Å². The van der Waals surface area contributed by atoms with E-state index in [2.05, 4.69) is 28.2 Å². The number of hydrogen-bond donors (Lipinski definition) is 3. The van der Waals surface area contributed by atoms with Crippen molar-refractivity contribution in [1.82, 2.24) is 15.9 Å². The topological polar surface area (TPSA) is 84.5 Å². The highest BCUT2D eigenvalue weighted by atomic mass is 16.7. The Hall–Kier alpha value is -2.90. The van der Waals surface area contributed by atoms with Gasteiger partial charge >= 0.3 is 0 Å². The van der Waals surface area contributed by atoms with E-state index in [-0.39, 0.29) is 18.6 Å². The van der Waals surface area contributed by atoms with Crippen LogP contribution in [-0.2, 0) is 16.2 Å². The van der Waals surface area contributed by atoms with E-state index in [1.807, 2.05) is 36.4 Å². The largest absolute Gasteiger partial charge is 0.380 e. The van der Waals surface area contributed by atoms with Crippen LogP contribution in [0.3, 0.4) is 0 Å². The Balaban J connectivity index is 1.49. The molecule has 28 heavy (non-hydrogen) atoms. The summed E-state index contributed by atoms with van der Waals surface area (Å²) in [5, 5.41) is 3.28. The second kappa shape index (κ2) is 10.4. The van der Waals surface area contributed by atoms with Crippen LogP contribution in [0.15, 0.2) is 60.6 Å². The van der Waals surface area contributed by atoms with Gasteiger partial charge in [0.2, 0.25) is 0 Å². The number of amides is 1. The predicted octanol–water partition coefficient (Wildman–Crippen LogP) is 3.33. The molecule has 7 nitrogen and oxygen atoms in total. The summed E-state index contributed by atoms with van der Waals surface area (Å²) >= 11 is 0. The van der Waals surface area contributed by atoms with Gasteiger partial charge in [-0.3, -0.25) is 24.9 Å². The van der Waals surface area contributed by atoms with Crippen LogP contribution >= 0.6 is 0 Å². The fourth-order valence-corrected chi connectivity index (χ4v) is 2.81. The van der Waals surface area contributed by atoms with Crippen molar-refractivity contribution >= 4 is 11.6 Å². The molecule has 3 N–H and O–H groups in total. The van der Waals surface area contributed by atoms with Gasteiger partial charge in [0.25, 0.3) is 5.91 Å². The second-order valence-electron chi connectivity index (χ2n) is 6.55. The first-order chi connectivity index (χ1) is 13.8. The minimum atomic E-state index is -0.307. The van der Waals surface area contributed by atoms with Crippen molar-refractivity contribution < 1.29 is 14.5 Å². The first kappa shape index (κ1) is 19.9. The number of carbonyl (C=O) groups excluding carboxylic acids is 1. The smallest absolute Gasteiger partial charge is 0.276 e. The SMILES string of the molecule is CCCCC1=CC(CONC(=O)c2ccccc2NCc2ccncc2)ON1. The summed E-state index contributed by atoms with van der Waals surface area (Å²) in [4.78, 5) is 27.3. The molecule has 0 saturated heterocycles. The third-order valence-corrected chi connectivity index (χ3v) is 4.34. The van der Waals surface area contributed by atoms with Crippen LogP contribution in [0.2, 0.25) is 0 Å². The van der Waals surface area contributed by atoms with E-state index < -0.39 is 0 Å². The lowest BCUT2D eigenvalue weighted by Gasteiger charge is -2.13. The van der Waals surface area contributed by atoms with Crippen LogP contribution < -0.4 is 16.3 Å². The zero-order valence-corrected chi connectivity index (χ0v) is 16.0. The highest BCUT2D eigenvalue weighted by molar-refractivity contribution is 5.98. The molecule has 0 radical (unpaired) electrons. The van der Waals surface area contributed by atoms with Crippen LogP contribution in [0, 0.1) is 0 Å². The van der Waals surface area contributed by atoms with Gasteiger partial charge in [-0.1, -0.05) is 25.5 Å². The minimum absolute atomic E-state index is 0.216. The lowest BCUT2D eigenvalue weighted by molar-refractivity contribution is -0.0411. The zero-order valence-electron chi connectivity index (χ0n) is 16.0. The number of pyridine rings is 1. The maximum absolute atomic E-state index is 12.5. The Kier molecular flexibility index (Phi) is 7.40. The van der Waals surface area contributed by atoms with E-state index in [0.717, 1.165) is 36.2 Å². The molecule has 1 aliphatic rings. The molecule has 148 valence electrons. The molecule has 0 fully saturated rings. The van der Waals surface area contributed by atoms with Crippen LogP contribution in [-0.4, -0.2) is 23.6 Å². The van der Waals surface area contributed by atoms with Crippen molar-refractivity contribution in [2.45, 2.75) is 38.8 Å². The van der Waals surface area contributed by atoms with Crippen LogP contribution in [0.4, 0.5) is 5.69 Å². The van der Waals surface area contributed by atoms with Crippen LogP contribution in [0.1, 0.15) is 42.1 Å². The number of allylic oxidation sites excluding steroid dienone is 1. The average molecular weight is 382 g/mol. The zero-order chi connectivity index (χ0) is 19.6. The third kappa shape index (κ3) is 5.80. The quantitative estimate of drug-likeness (QED) is 0.547. The third-order valence-electron chi connectivity index (χ3n) is 4.34. The van der Waals surface area contributed by atoms with Gasteiger partial charge in [-0.15, -0.1) is 0 Å². The Morgan fingerprint density at radius 2 is 2.07 bits per heavy atom. The van der Waals surface area contributed by atoms with E-state index in [1.54, 1.807) is 18.5 Å². The number of anilines is 1. The maximum Gasteiger partial charge on any atom is 0.276 e. The van der Waals surface area contributed by atoms with Gasteiger partial charge < -0.3 is 5.32 Å². The van der Waals surface area contributed by atoms with E-state index >= 15 is 0 Å². The molecular formula is C21H26N4O3. The number of aromatic nitrogens is 1. The van der Waals surface area contributed by atoms with Gasteiger partial charge in [-0.25, -0.2) is 5.48 Å². The van der Waals surface area contributed by atoms with Crippen molar-refractivity contribution in [3.63, 3.8) is 0 Å². The van der Waals surface area contributed by atoms with Gasteiger partial charge in [0.15, 0.2) is 0 Å². The number of hydrogen-bond acceptors (Lipinski definition) is 6. The van der Waals surface area contributed by atoms with E-state index in [0.29, 0.717) is 12.1 Å². The molecule has 0 aliphatic carbocycles. The van der Waals surface area contributed by atoms with E-state index in [9.17, 15) is 4.79 Å². The number of nitrogens with one attached hydrogen (secondary N) is 3. The summed E-state index contributed by atoms with van der Waals surface area (Å²) in [5.74, 6) is -0.307. The molecule has 1 unspecified atom stereocenters. The maximum atomic E-state index is 12.5. The highest BCUT2D eigenvalue weighted by Crippen LogP contribution is 2.17. The predicted molar refractivity (Wildman–Crippen MR) is 107 cm³/mol. The first-order valence-corrected chi connectivity index (χ1v) is 9.52. The first-order valence-electron chi connectivity index (χ1n) is 9.52. The molecule has 1 atom stereocenters. The number of rotatable bonds is 10. The second-order valence-corrected chi connectivity index (χ2v) is 6.55. The normalized spacial score (nSPS) is 15.6. The van der Waals surface area contributed by atoms with Gasteiger partial charge in [-0.05, 0) is 48.7 Å². The molecule has 3 rings (SSSR count). The van der Waals surface area contributed by atoms with Crippen molar-refractivity contribution in [2.24, 2.45) is 0 Å². The molecule has 2 aromatic rings. The number of benzene rings is 1. The van der Waals surface area contributed by atoms with Gasteiger partial charge in [-0.2, -0.15) is 0 Å². The molecule has 0 saturated carbocycles. The van der Waals surface area contributed by atoms with Gasteiger partial charge in [0, 0.05) is 30.3 Å². The summed E-state index contributed by atoms with van der Waals surface area (Å²) in [7, 11) is 0. The fraction of sp³-hybridized carbons (Fsp3) is 0.333. The Morgan fingerprint density at radius 3 is 2.89 bits per heavy atom. The number of unbranched alkanes of at least 4 members (excludes halogenated alkanes) is 1. The van der Waals surface area contributed by atoms with Crippen molar-refractivity contribution in [1.29, 1.82) is 0 Å². The summed E-state index contributed by atoms with van der Waals surface area (Å²) in [5.41, 5.74) is 8.80. The number of hydroxylamine groups is 2. The molecule has 0 bridgehead atoms. The number of para-hydroxylation sites is 1. The standard InChI is InChI=1S/C21H26N4O3/c1-2-3-6-17-13-18(28-24-17)15-27-25-21(26)19-7-4-5-8-20(19)23-14-16-9-11-22-12-10-16/h4-5,7-13,18,23-24H,2-3,6,14-15H2,1H3,(H,25,26). The summed E-state index contributed by atoms with van der Waals surface area (Å²) < 4.78 is 0. The Labute approximate surface area is 165 Å². The molecule has 1 aliphatic heterocycles. The summed E-state index contributed by atoms with van der Waals surface area (Å²) in [6, 6.07) is 11.2. The fourth-order valence-electron chi connectivity index (χ4n) is 2.81. The molecule has 0 spiro atoms. The highest BCUT2D eigenvalue weighted by Gasteiger charge is 2.17. The van der Waals surface area contributed by atoms with Crippen molar-refractivity contribution in [3.05, 3.63) is 71.7 Å². The minimum Gasteiger partial charge on any atom is -0.380 e. The lowest BCUT2D eigenvalue weighted by Crippen LogP contribution is -2.29. The molecular weight excluding hydrogens is 356 g/mol. The molecule has 1 aromatic heterocycles. The Bertz CT molecular complexity index is 795. The molecule has 7 heteroatoms. The van der Waals surface area contributed by atoms with Crippen LogP contribution in [0.25, 0.3) is 0 Å². The van der Waals surface area contributed by atoms with E-state index in [1.165, 1.54) is 0 Å². The van der Waals surface area contributed by atoms with Crippen LogP contribution in [0.5, 0.6) is 0 Å². The van der Waals surface area contributed by atoms with Gasteiger partial charge in [0.05, 0.1) is 5.56 Å². The number of nitrogens with zero attached hydrogens (tertiary/aromatic N) is 1. The number of carbonyl (C=O) groups is 1. The van der Waals surface area contributed by atoms with Gasteiger partial charge in [0.1, 0.15) is 12.7 Å².